The van der Waals surface area contributed by atoms with Gasteiger partial charge in [0.1, 0.15) is 0 Å². The molecule has 0 bridgehead atoms. The summed E-state index contributed by atoms with van der Waals surface area (Å²) in [5.41, 5.74) is 0. The van der Waals surface area contributed by atoms with Crippen LogP contribution in [0, 0.1) is 5.92 Å². The predicted molar refractivity (Wildman–Crippen MR) is 74.9 cm³/mol. The maximum Gasteiger partial charge on any atom is 0.227 e. The van der Waals surface area contributed by atoms with Gasteiger partial charge in [-0.05, 0) is 26.1 Å². The van der Waals surface area contributed by atoms with Crippen LogP contribution in [-0.4, -0.2) is 49.8 Å². The van der Waals surface area contributed by atoms with Crippen molar-refractivity contribution in [2.45, 2.75) is 36.5 Å². The molecule has 2 fully saturated rings. The van der Waals surface area contributed by atoms with Crippen molar-refractivity contribution < 1.29 is 9.53 Å². The van der Waals surface area contributed by atoms with E-state index in [0.29, 0.717) is 13.2 Å². The number of thioether (sulfide) groups is 1. The van der Waals surface area contributed by atoms with E-state index in [9.17, 15) is 4.79 Å². The van der Waals surface area contributed by atoms with Gasteiger partial charge in [0, 0.05) is 17.3 Å². The highest BCUT2D eigenvalue weighted by molar-refractivity contribution is 8.00. The Kier molecular flexibility index (Phi) is 4.92. The third kappa shape index (κ3) is 3.00. The lowest BCUT2D eigenvalue weighted by Gasteiger charge is -2.28. The molecule has 2 atom stereocenters. The van der Waals surface area contributed by atoms with Crippen LogP contribution in [0.5, 0.6) is 0 Å². The fourth-order valence-corrected chi connectivity index (χ4v) is 3.86. The first kappa shape index (κ1) is 14.2. The first-order chi connectivity index (χ1) is 8.71. The minimum absolute atomic E-state index is 0.0321. The summed E-state index contributed by atoms with van der Waals surface area (Å²) < 4.78 is 5.66. The van der Waals surface area contributed by atoms with Crippen LogP contribution in [0.3, 0.4) is 0 Å². The highest BCUT2D eigenvalue weighted by Crippen LogP contribution is 2.39. The lowest BCUT2D eigenvalue weighted by Crippen LogP contribution is -2.46. The highest BCUT2D eigenvalue weighted by Gasteiger charge is 2.36. The summed E-state index contributed by atoms with van der Waals surface area (Å²) in [7, 11) is 1.89. The number of ether oxygens (including phenoxy) is 1. The van der Waals surface area contributed by atoms with Gasteiger partial charge in [-0.15, -0.1) is 0 Å². The average Bonchev–Trinajstić information content (AvgIpc) is 3.05. The molecule has 2 rings (SSSR count). The second-order valence-electron chi connectivity index (χ2n) is 5.35. The Morgan fingerprint density at radius 3 is 2.72 bits per heavy atom. The van der Waals surface area contributed by atoms with Crippen LogP contribution >= 0.6 is 11.8 Å². The van der Waals surface area contributed by atoms with Crippen LogP contribution in [0.25, 0.3) is 0 Å². The molecule has 5 heteroatoms. The van der Waals surface area contributed by atoms with Gasteiger partial charge >= 0.3 is 0 Å². The molecule has 0 spiro atoms. The van der Waals surface area contributed by atoms with E-state index in [1.165, 1.54) is 25.7 Å². The molecule has 2 unspecified atom stereocenters. The predicted octanol–water partition coefficient (Wildman–Crippen LogP) is 1.01. The van der Waals surface area contributed by atoms with Gasteiger partial charge in [0.2, 0.25) is 5.91 Å². The molecule has 2 N–H and O–H groups in total. The SMILES string of the molecule is CNC1COCC1C(=O)NCC1(SC)CCCC1. The van der Waals surface area contributed by atoms with Gasteiger partial charge in [-0.1, -0.05) is 12.8 Å². The number of nitrogens with one attached hydrogen (secondary N) is 2. The third-order valence-electron chi connectivity index (χ3n) is 4.32. The van der Waals surface area contributed by atoms with Crippen LogP contribution in [0.2, 0.25) is 0 Å². The Morgan fingerprint density at radius 1 is 1.39 bits per heavy atom. The normalized spacial score (nSPS) is 30.6. The van der Waals surface area contributed by atoms with Crippen LogP contribution in [0.15, 0.2) is 0 Å². The molecular formula is C13H24N2O2S. The summed E-state index contributed by atoms with van der Waals surface area (Å²) >= 11 is 1.91. The molecular weight excluding hydrogens is 248 g/mol. The standard InChI is InChI=1S/C13H24N2O2S/c1-14-11-8-17-7-10(11)12(16)15-9-13(18-2)5-3-4-6-13/h10-11,14H,3-9H2,1-2H3,(H,15,16). The molecule has 0 radical (unpaired) electrons. The minimum atomic E-state index is -0.0321. The van der Waals surface area contributed by atoms with E-state index in [0.717, 1.165) is 6.54 Å². The van der Waals surface area contributed by atoms with Crippen molar-refractivity contribution in [1.29, 1.82) is 0 Å². The fraction of sp³-hybridized carbons (Fsp3) is 0.923. The van der Waals surface area contributed by atoms with E-state index in [2.05, 4.69) is 16.9 Å². The summed E-state index contributed by atoms with van der Waals surface area (Å²) in [6, 6.07) is 0.166. The van der Waals surface area contributed by atoms with Gasteiger partial charge in [-0.3, -0.25) is 4.79 Å². The minimum Gasteiger partial charge on any atom is -0.379 e. The summed E-state index contributed by atoms with van der Waals surface area (Å²) in [4.78, 5) is 12.2. The Morgan fingerprint density at radius 2 is 2.11 bits per heavy atom. The topological polar surface area (TPSA) is 50.4 Å². The molecule has 0 aromatic heterocycles. The molecule has 1 saturated carbocycles. The molecule has 2 aliphatic rings. The largest absolute Gasteiger partial charge is 0.379 e. The van der Waals surface area contributed by atoms with Crippen molar-refractivity contribution in [1.82, 2.24) is 10.6 Å². The number of amides is 1. The Labute approximate surface area is 114 Å². The lowest BCUT2D eigenvalue weighted by molar-refractivity contribution is -0.125. The molecule has 0 aromatic carbocycles. The molecule has 104 valence electrons. The fourth-order valence-electron chi connectivity index (χ4n) is 2.95. The van der Waals surface area contributed by atoms with Crippen molar-refractivity contribution in [2.75, 3.05) is 33.1 Å². The van der Waals surface area contributed by atoms with E-state index in [1.54, 1.807) is 0 Å². The first-order valence-electron chi connectivity index (χ1n) is 6.79. The number of hydrogen-bond acceptors (Lipinski definition) is 4. The Hall–Kier alpha value is -0.260. The molecule has 1 heterocycles. The Balaban J connectivity index is 1.84. The van der Waals surface area contributed by atoms with Crippen LogP contribution in [-0.2, 0) is 9.53 Å². The summed E-state index contributed by atoms with van der Waals surface area (Å²) in [5, 5.41) is 6.30. The zero-order valence-electron chi connectivity index (χ0n) is 11.3. The van der Waals surface area contributed by atoms with Gasteiger partial charge in [-0.25, -0.2) is 0 Å². The van der Waals surface area contributed by atoms with Gasteiger partial charge < -0.3 is 15.4 Å². The quantitative estimate of drug-likeness (QED) is 0.784. The van der Waals surface area contributed by atoms with Crippen molar-refractivity contribution in [3.63, 3.8) is 0 Å². The van der Waals surface area contributed by atoms with Crippen molar-refractivity contribution >= 4 is 17.7 Å². The smallest absolute Gasteiger partial charge is 0.227 e. The zero-order chi connectivity index (χ0) is 13.0. The van der Waals surface area contributed by atoms with Crippen molar-refractivity contribution in [3.05, 3.63) is 0 Å². The van der Waals surface area contributed by atoms with Crippen LogP contribution in [0.1, 0.15) is 25.7 Å². The second kappa shape index (κ2) is 6.26. The molecule has 1 amide bonds. The summed E-state index contributed by atoms with van der Waals surface area (Å²) in [6.07, 6.45) is 7.20. The monoisotopic (exact) mass is 272 g/mol. The Bertz CT molecular complexity index is 293. The number of carbonyl (C=O) groups is 1. The zero-order valence-corrected chi connectivity index (χ0v) is 12.1. The summed E-state index contributed by atoms with van der Waals surface area (Å²) in [6.45, 7) is 1.99. The molecule has 1 aliphatic heterocycles. The van der Waals surface area contributed by atoms with E-state index in [4.69, 9.17) is 4.74 Å². The molecule has 0 aromatic rings. The molecule has 18 heavy (non-hydrogen) atoms. The molecule has 1 saturated heterocycles. The van der Waals surface area contributed by atoms with E-state index < -0.39 is 0 Å². The van der Waals surface area contributed by atoms with E-state index >= 15 is 0 Å². The maximum absolute atomic E-state index is 12.2. The van der Waals surface area contributed by atoms with Crippen LogP contribution < -0.4 is 10.6 Å². The number of hydrogen-bond donors (Lipinski definition) is 2. The van der Waals surface area contributed by atoms with Gasteiger partial charge in [-0.2, -0.15) is 11.8 Å². The molecule has 4 nitrogen and oxygen atoms in total. The van der Waals surface area contributed by atoms with Gasteiger partial charge in [0.05, 0.1) is 19.1 Å². The lowest BCUT2D eigenvalue weighted by atomic mass is 10.0. The maximum atomic E-state index is 12.2. The third-order valence-corrected chi connectivity index (χ3v) is 5.74. The van der Waals surface area contributed by atoms with E-state index in [-0.39, 0.29) is 22.6 Å². The number of likely N-dealkylation sites (N-methyl/N-ethyl adjacent to an activating group) is 1. The average molecular weight is 272 g/mol. The molecule has 1 aliphatic carbocycles. The highest BCUT2D eigenvalue weighted by atomic mass is 32.2. The number of rotatable bonds is 5. The number of carbonyl (C=O) groups excluding carboxylic acids is 1. The summed E-state index contributed by atoms with van der Waals surface area (Å²) in [5.74, 6) is 0.113. The van der Waals surface area contributed by atoms with Gasteiger partial charge in [0.25, 0.3) is 0 Å². The first-order valence-corrected chi connectivity index (χ1v) is 8.01. The van der Waals surface area contributed by atoms with Crippen molar-refractivity contribution in [3.8, 4) is 0 Å². The van der Waals surface area contributed by atoms with Crippen molar-refractivity contribution in [2.24, 2.45) is 5.92 Å². The van der Waals surface area contributed by atoms with Crippen LogP contribution in [0.4, 0.5) is 0 Å². The van der Waals surface area contributed by atoms with Gasteiger partial charge in [0.15, 0.2) is 0 Å². The second-order valence-corrected chi connectivity index (χ2v) is 6.63. The van der Waals surface area contributed by atoms with E-state index in [1.807, 2.05) is 18.8 Å².